The maximum atomic E-state index is 11.5. The number of hydrogen-bond donors (Lipinski definition) is 2. The molecule has 1 fully saturated rings. The third-order valence-electron chi connectivity index (χ3n) is 4.65. The molecular weight excluding hydrogens is 493 g/mol. The lowest BCUT2D eigenvalue weighted by atomic mass is 9.95. The summed E-state index contributed by atoms with van der Waals surface area (Å²) in [5, 5.41) is 7.69. The zero-order chi connectivity index (χ0) is 19.0. The van der Waals surface area contributed by atoms with Gasteiger partial charge in [0.1, 0.15) is 0 Å². The van der Waals surface area contributed by atoms with E-state index in [9.17, 15) is 8.42 Å². The highest BCUT2D eigenvalue weighted by molar-refractivity contribution is 14.0. The summed E-state index contributed by atoms with van der Waals surface area (Å²) in [4.78, 5) is 4.70. The summed E-state index contributed by atoms with van der Waals surface area (Å²) < 4.78 is 23.0. The van der Waals surface area contributed by atoms with Crippen LogP contribution in [0.5, 0.6) is 0 Å². The summed E-state index contributed by atoms with van der Waals surface area (Å²) in [7, 11) is -1.33. The van der Waals surface area contributed by atoms with Gasteiger partial charge in [-0.15, -0.1) is 24.0 Å². The zero-order valence-corrected chi connectivity index (χ0v) is 20.4. The molecule has 0 saturated heterocycles. The Kier molecular flexibility index (Phi) is 11.1. The molecule has 0 aromatic heterocycles. The highest BCUT2D eigenvalue weighted by Crippen LogP contribution is 2.28. The van der Waals surface area contributed by atoms with Crippen LogP contribution in [0.15, 0.2) is 34.2 Å². The second-order valence-corrected chi connectivity index (χ2v) is 10.3. The van der Waals surface area contributed by atoms with Crippen molar-refractivity contribution in [2.75, 3.05) is 25.6 Å². The first-order chi connectivity index (χ1) is 12.4. The standard InChI is InChI=1S/C19H31N3O2S2.HI/c1-4-25-17-7-5-6-16(14-17)22-19(20-2)21-13-12-15-8-10-18(11-9-15)26(3,23)24;/h8-11,16-17H,4-7,12-14H2,1-3H3,(H2,20,21,22);1H. The van der Waals surface area contributed by atoms with Crippen molar-refractivity contribution in [1.82, 2.24) is 10.6 Å². The zero-order valence-electron chi connectivity index (χ0n) is 16.4. The molecule has 154 valence electrons. The van der Waals surface area contributed by atoms with E-state index in [4.69, 9.17) is 0 Å². The molecule has 1 aliphatic carbocycles. The summed E-state index contributed by atoms with van der Waals surface area (Å²) in [6.45, 7) is 2.99. The Morgan fingerprint density at radius 2 is 1.96 bits per heavy atom. The summed E-state index contributed by atoms with van der Waals surface area (Å²) in [6, 6.07) is 7.59. The molecule has 1 aromatic carbocycles. The van der Waals surface area contributed by atoms with Gasteiger partial charge in [0.05, 0.1) is 4.90 Å². The molecule has 0 heterocycles. The number of nitrogens with zero attached hydrogens (tertiary/aromatic N) is 1. The average molecular weight is 526 g/mol. The lowest BCUT2D eigenvalue weighted by Gasteiger charge is -2.30. The Labute approximate surface area is 185 Å². The molecule has 2 unspecified atom stereocenters. The molecule has 1 saturated carbocycles. The Bertz CT molecular complexity index is 691. The van der Waals surface area contributed by atoms with Crippen LogP contribution in [0.4, 0.5) is 0 Å². The Balaban J connectivity index is 0.00000364. The van der Waals surface area contributed by atoms with Crippen LogP contribution >= 0.6 is 35.7 Å². The van der Waals surface area contributed by atoms with Gasteiger partial charge < -0.3 is 10.6 Å². The van der Waals surface area contributed by atoms with Crippen LogP contribution in [0.25, 0.3) is 0 Å². The molecule has 27 heavy (non-hydrogen) atoms. The monoisotopic (exact) mass is 525 g/mol. The van der Waals surface area contributed by atoms with Crippen molar-refractivity contribution in [3.05, 3.63) is 29.8 Å². The van der Waals surface area contributed by atoms with Crippen LogP contribution < -0.4 is 10.6 Å². The van der Waals surface area contributed by atoms with Crippen LogP contribution in [0.1, 0.15) is 38.2 Å². The normalized spacial score (nSPS) is 20.6. The minimum atomic E-state index is -3.13. The number of aliphatic imine (C=N–C) groups is 1. The van der Waals surface area contributed by atoms with Gasteiger partial charge >= 0.3 is 0 Å². The van der Waals surface area contributed by atoms with Crippen molar-refractivity contribution in [1.29, 1.82) is 0 Å². The molecule has 0 aliphatic heterocycles. The maximum Gasteiger partial charge on any atom is 0.191 e. The predicted octanol–water partition coefficient (Wildman–Crippen LogP) is 3.48. The second-order valence-electron chi connectivity index (χ2n) is 6.75. The molecule has 1 aliphatic rings. The highest BCUT2D eigenvalue weighted by Gasteiger charge is 2.22. The van der Waals surface area contributed by atoms with E-state index in [0.717, 1.165) is 29.7 Å². The van der Waals surface area contributed by atoms with Crippen molar-refractivity contribution < 1.29 is 8.42 Å². The average Bonchev–Trinajstić information content (AvgIpc) is 2.61. The van der Waals surface area contributed by atoms with Crippen LogP contribution in [0, 0.1) is 0 Å². The van der Waals surface area contributed by atoms with E-state index < -0.39 is 9.84 Å². The molecule has 2 rings (SSSR count). The summed E-state index contributed by atoms with van der Waals surface area (Å²) in [6.07, 6.45) is 7.06. The van der Waals surface area contributed by atoms with E-state index in [0.29, 0.717) is 10.9 Å². The first-order valence-electron chi connectivity index (χ1n) is 9.30. The largest absolute Gasteiger partial charge is 0.356 e. The topological polar surface area (TPSA) is 70.6 Å². The molecule has 0 spiro atoms. The number of nitrogens with one attached hydrogen (secondary N) is 2. The van der Waals surface area contributed by atoms with E-state index >= 15 is 0 Å². The van der Waals surface area contributed by atoms with Crippen molar-refractivity contribution in [3.8, 4) is 0 Å². The van der Waals surface area contributed by atoms with E-state index in [-0.39, 0.29) is 24.0 Å². The van der Waals surface area contributed by atoms with Crippen LogP contribution in [-0.4, -0.2) is 51.3 Å². The molecule has 0 radical (unpaired) electrons. The van der Waals surface area contributed by atoms with Gasteiger partial charge in [-0.3, -0.25) is 4.99 Å². The van der Waals surface area contributed by atoms with Gasteiger partial charge in [0.25, 0.3) is 0 Å². The number of guanidine groups is 1. The lowest BCUT2D eigenvalue weighted by Crippen LogP contribution is -2.46. The number of halogens is 1. The quantitative estimate of drug-likeness (QED) is 0.324. The molecule has 8 heteroatoms. The molecule has 0 amide bonds. The van der Waals surface area contributed by atoms with Crippen LogP contribution in [0.2, 0.25) is 0 Å². The first-order valence-corrected chi connectivity index (χ1v) is 12.2. The minimum absolute atomic E-state index is 0. The molecule has 1 aromatic rings. The van der Waals surface area contributed by atoms with Crippen molar-refractivity contribution in [3.63, 3.8) is 0 Å². The fourth-order valence-electron chi connectivity index (χ4n) is 3.28. The number of benzene rings is 1. The van der Waals surface area contributed by atoms with Gasteiger partial charge in [-0.2, -0.15) is 11.8 Å². The van der Waals surface area contributed by atoms with Crippen LogP contribution in [0.3, 0.4) is 0 Å². The summed E-state index contributed by atoms with van der Waals surface area (Å²) >= 11 is 2.07. The summed E-state index contributed by atoms with van der Waals surface area (Å²) in [5.41, 5.74) is 1.11. The molecule has 0 bridgehead atoms. The van der Waals surface area contributed by atoms with Crippen molar-refractivity contribution in [2.24, 2.45) is 4.99 Å². The molecule has 5 nitrogen and oxygen atoms in total. The Morgan fingerprint density at radius 1 is 1.26 bits per heavy atom. The molecule has 2 atom stereocenters. The van der Waals surface area contributed by atoms with E-state index in [1.165, 1.54) is 37.7 Å². The minimum Gasteiger partial charge on any atom is -0.356 e. The van der Waals surface area contributed by atoms with Crippen molar-refractivity contribution >= 4 is 51.5 Å². The van der Waals surface area contributed by atoms with Gasteiger partial charge in [-0.1, -0.05) is 25.5 Å². The Hall–Kier alpha value is -0.480. The van der Waals surface area contributed by atoms with Gasteiger partial charge in [0.15, 0.2) is 15.8 Å². The van der Waals surface area contributed by atoms with Gasteiger partial charge in [-0.25, -0.2) is 8.42 Å². The lowest BCUT2D eigenvalue weighted by molar-refractivity contribution is 0.419. The SMILES string of the molecule is CCSC1CCCC(NC(=NC)NCCc2ccc(S(C)(=O)=O)cc2)C1.I. The molecule has 2 N–H and O–H groups in total. The maximum absolute atomic E-state index is 11.5. The van der Waals surface area contributed by atoms with E-state index in [2.05, 4.69) is 34.3 Å². The third-order valence-corrected chi connectivity index (χ3v) is 7.01. The Morgan fingerprint density at radius 3 is 2.56 bits per heavy atom. The van der Waals surface area contributed by atoms with E-state index in [1.54, 1.807) is 19.2 Å². The number of rotatable bonds is 7. The second kappa shape index (κ2) is 12.2. The number of sulfone groups is 1. The van der Waals surface area contributed by atoms with Gasteiger partial charge in [0, 0.05) is 31.1 Å². The van der Waals surface area contributed by atoms with Gasteiger partial charge in [-0.05, 0) is 49.1 Å². The molecular formula is C19H32IN3O2S2. The van der Waals surface area contributed by atoms with Crippen LogP contribution in [-0.2, 0) is 16.3 Å². The predicted molar refractivity (Wildman–Crippen MR) is 127 cm³/mol. The smallest absolute Gasteiger partial charge is 0.191 e. The van der Waals surface area contributed by atoms with Gasteiger partial charge in [0.2, 0.25) is 0 Å². The first kappa shape index (κ1) is 24.6. The number of hydrogen-bond acceptors (Lipinski definition) is 4. The van der Waals surface area contributed by atoms with Crippen molar-refractivity contribution in [2.45, 2.75) is 55.2 Å². The number of thioether (sulfide) groups is 1. The fourth-order valence-corrected chi connectivity index (χ4v) is 5.08. The third kappa shape index (κ3) is 8.60. The summed E-state index contributed by atoms with van der Waals surface area (Å²) in [5.74, 6) is 2.03. The van der Waals surface area contributed by atoms with E-state index in [1.807, 2.05) is 12.1 Å². The highest BCUT2D eigenvalue weighted by atomic mass is 127. The fraction of sp³-hybridized carbons (Fsp3) is 0.632.